The fourth-order valence-corrected chi connectivity index (χ4v) is 2.20. The molecule has 1 heterocycles. The predicted octanol–water partition coefficient (Wildman–Crippen LogP) is -0.0967. The fourth-order valence-electron chi connectivity index (χ4n) is 2.20. The van der Waals surface area contributed by atoms with Gasteiger partial charge in [0.2, 0.25) is 11.8 Å². The molecule has 1 unspecified atom stereocenters. The average molecular weight is 261 g/mol. The topological polar surface area (TPSA) is 75.4 Å². The minimum atomic E-state index is -0.624. The zero-order chi connectivity index (χ0) is 13.8. The normalized spacial score (nSPS) is 20.4. The fraction of sp³-hybridized carbons (Fsp3) is 0.429. The number of rotatable bonds is 4. The summed E-state index contributed by atoms with van der Waals surface area (Å²) in [5, 5.41) is 2.72. The third-order valence-corrected chi connectivity index (χ3v) is 3.38. The van der Waals surface area contributed by atoms with Crippen LogP contribution in [-0.4, -0.2) is 42.4 Å². The van der Waals surface area contributed by atoms with Gasteiger partial charge in [0.15, 0.2) is 0 Å². The second-order valence-corrected chi connectivity index (χ2v) is 4.91. The summed E-state index contributed by atoms with van der Waals surface area (Å²) >= 11 is 0. The Hall–Kier alpha value is -1.88. The van der Waals surface area contributed by atoms with Gasteiger partial charge in [0, 0.05) is 13.6 Å². The molecule has 1 aromatic carbocycles. The smallest absolute Gasteiger partial charge is 0.244 e. The van der Waals surface area contributed by atoms with E-state index in [1.165, 1.54) is 0 Å². The molecule has 1 aliphatic rings. The Morgan fingerprint density at radius 1 is 1.47 bits per heavy atom. The van der Waals surface area contributed by atoms with Gasteiger partial charge in [-0.2, -0.15) is 0 Å². The molecule has 3 N–H and O–H groups in total. The Labute approximate surface area is 112 Å². The van der Waals surface area contributed by atoms with Crippen LogP contribution in [0.15, 0.2) is 30.3 Å². The third kappa shape index (κ3) is 3.32. The van der Waals surface area contributed by atoms with Gasteiger partial charge in [0.1, 0.15) is 6.04 Å². The van der Waals surface area contributed by atoms with Gasteiger partial charge in [0.25, 0.3) is 0 Å². The first-order chi connectivity index (χ1) is 9.08. The summed E-state index contributed by atoms with van der Waals surface area (Å²) in [6.07, 6.45) is 1.13. The van der Waals surface area contributed by atoms with Crippen molar-refractivity contribution in [3.8, 4) is 0 Å². The molecule has 0 saturated carbocycles. The van der Waals surface area contributed by atoms with E-state index in [9.17, 15) is 9.59 Å². The molecule has 0 spiro atoms. The van der Waals surface area contributed by atoms with Crippen molar-refractivity contribution in [2.24, 2.45) is 5.73 Å². The van der Waals surface area contributed by atoms with Crippen molar-refractivity contribution in [1.82, 2.24) is 10.2 Å². The van der Waals surface area contributed by atoms with Gasteiger partial charge in [0.05, 0.1) is 6.04 Å². The second-order valence-electron chi connectivity index (χ2n) is 4.91. The van der Waals surface area contributed by atoms with Crippen molar-refractivity contribution in [2.45, 2.75) is 24.9 Å². The molecule has 19 heavy (non-hydrogen) atoms. The summed E-state index contributed by atoms with van der Waals surface area (Å²) in [6, 6.07) is 8.57. The molecule has 1 aliphatic heterocycles. The summed E-state index contributed by atoms with van der Waals surface area (Å²) in [5.41, 5.74) is 6.88. The van der Waals surface area contributed by atoms with Gasteiger partial charge in [-0.25, -0.2) is 0 Å². The molecule has 1 saturated heterocycles. The van der Waals surface area contributed by atoms with Crippen molar-refractivity contribution < 1.29 is 9.59 Å². The summed E-state index contributed by atoms with van der Waals surface area (Å²) in [7, 11) is 1.73. The first kappa shape index (κ1) is 13.5. The SMILES string of the molecule is CN1CCC(NC(=O)[C@H](N)Cc2ccccc2)C1=O. The molecular weight excluding hydrogens is 242 g/mol. The maximum atomic E-state index is 11.9. The average Bonchev–Trinajstić information content (AvgIpc) is 2.72. The van der Waals surface area contributed by atoms with Gasteiger partial charge >= 0.3 is 0 Å². The minimum Gasteiger partial charge on any atom is -0.344 e. The maximum Gasteiger partial charge on any atom is 0.244 e. The van der Waals surface area contributed by atoms with E-state index in [4.69, 9.17) is 5.73 Å². The summed E-state index contributed by atoms with van der Waals surface area (Å²) in [5.74, 6) is -0.308. The number of hydrogen-bond acceptors (Lipinski definition) is 3. The number of nitrogens with two attached hydrogens (primary N) is 1. The van der Waals surface area contributed by atoms with E-state index in [1.54, 1.807) is 11.9 Å². The van der Waals surface area contributed by atoms with Gasteiger partial charge < -0.3 is 16.0 Å². The number of amides is 2. The standard InChI is InChI=1S/C14H19N3O2/c1-17-8-7-12(14(17)19)16-13(18)11(15)9-10-5-3-2-4-6-10/h2-6,11-12H,7-9,15H2,1H3,(H,16,18)/t11-,12?/m1/s1. The van der Waals surface area contributed by atoms with E-state index >= 15 is 0 Å². The number of benzene rings is 1. The largest absolute Gasteiger partial charge is 0.344 e. The van der Waals surface area contributed by atoms with Crippen molar-refractivity contribution in [1.29, 1.82) is 0 Å². The lowest BCUT2D eigenvalue weighted by molar-refractivity contribution is -0.132. The highest BCUT2D eigenvalue weighted by atomic mass is 16.2. The Morgan fingerprint density at radius 3 is 2.74 bits per heavy atom. The van der Waals surface area contributed by atoms with Crippen molar-refractivity contribution in [3.05, 3.63) is 35.9 Å². The summed E-state index contributed by atoms with van der Waals surface area (Å²) in [4.78, 5) is 25.3. The van der Waals surface area contributed by atoms with Crippen molar-refractivity contribution >= 4 is 11.8 Å². The zero-order valence-electron chi connectivity index (χ0n) is 11.0. The Balaban J connectivity index is 1.88. The van der Waals surface area contributed by atoms with Crippen LogP contribution >= 0.6 is 0 Å². The number of likely N-dealkylation sites (tertiary alicyclic amines) is 1. The quantitative estimate of drug-likeness (QED) is 0.795. The molecule has 102 valence electrons. The van der Waals surface area contributed by atoms with Crippen LogP contribution < -0.4 is 11.1 Å². The molecule has 0 aromatic heterocycles. The minimum absolute atomic E-state index is 0.0414. The number of carbonyl (C=O) groups is 2. The number of carbonyl (C=O) groups excluding carboxylic acids is 2. The van der Waals surface area contributed by atoms with E-state index < -0.39 is 12.1 Å². The molecular formula is C14H19N3O2. The van der Waals surface area contributed by atoms with Crippen LogP contribution in [0.2, 0.25) is 0 Å². The third-order valence-electron chi connectivity index (χ3n) is 3.38. The lowest BCUT2D eigenvalue weighted by Gasteiger charge is -2.16. The lowest BCUT2D eigenvalue weighted by Crippen LogP contribution is -2.48. The van der Waals surface area contributed by atoms with Crippen molar-refractivity contribution in [3.63, 3.8) is 0 Å². The Kier molecular flexibility index (Phi) is 4.16. The van der Waals surface area contributed by atoms with Crippen LogP contribution in [0.25, 0.3) is 0 Å². The van der Waals surface area contributed by atoms with Crippen molar-refractivity contribution in [2.75, 3.05) is 13.6 Å². The van der Waals surface area contributed by atoms with Crippen LogP contribution in [0, 0.1) is 0 Å². The van der Waals surface area contributed by atoms with Gasteiger partial charge in [-0.1, -0.05) is 30.3 Å². The highest BCUT2D eigenvalue weighted by Gasteiger charge is 2.31. The van der Waals surface area contributed by atoms with E-state index in [0.717, 1.165) is 5.56 Å². The molecule has 1 fully saturated rings. The molecule has 2 rings (SSSR count). The number of nitrogens with zero attached hydrogens (tertiary/aromatic N) is 1. The monoisotopic (exact) mass is 261 g/mol. The molecule has 0 bridgehead atoms. The Morgan fingerprint density at radius 2 is 2.16 bits per heavy atom. The van der Waals surface area contributed by atoms with E-state index in [1.807, 2.05) is 30.3 Å². The second kappa shape index (κ2) is 5.84. The van der Waals surface area contributed by atoms with Crippen LogP contribution in [0.5, 0.6) is 0 Å². The highest BCUT2D eigenvalue weighted by Crippen LogP contribution is 2.09. The Bertz CT molecular complexity index is 461. The number of nitrogens with one attached hydrogen (secondary N) is 1. The highest BCUT2D eigenvalue weighted by molar-refractivity contribution is 5.90. The molecule has 2 atom stereocenters. The number of hydrogen-bond donors (Lipinski definition) is 2. The first-order valence-corrected chi connectivity index (χ1v) is 6.43. The van der Waals surface area contributed by atoms with E-state index in [-0.39, 0.29) is 11.8 Å². The van der Waals surface area contributed by atoms with Crippen LogP contribution in [0.1, 0.15) is 12.0 Å². The first-order valence-electron chi connectivity index (χ1n) is 6.43. The number of likely N-dealkylation sites (N-methyl/N-ethyl adjacent to an activating group) is 1. The predicted molar refractivity (Wildman–Crippen MR) is 72.3 cm³/mol. The van der Waals surface area contributed by atoms with E-state index in [0.29, 0.717) is 19.4 Å². The maximum absolute atomic E-state index is 11.9. The molecule has 2 amide bonds. The van der Waals surface area contributed by atoms with Crippen LogP contribution in [-0.2, 0) is 16.0 Å². The summed E-state index contributed by atoms with van der Waals surface area (Å²) in [6.45, 7) is 0.678. The van der Waals surface area contributed by atoms with Gasteiger partial charge in [-0.15, -0.1) is 0 Å². The van der Waals surface area contributed by atoms with Crippen LogP contribution in [0.3, 0.4) is 0 Å². The molecule has 0 radical (unpaired) electrons. The molecule has 0 aliphatic carbocycles. The summed E-state index contributed by atoms with van der Waals surface area (Å²) < 4.78 is 0. The van der Waals surface area contributed by atoms with Gasteiger partial charge in [-0.3, -0.25) is 9.59 Å². The molecule has 5 nitrogen and oxygen atoms in total. The van der Waals surface area contributed by atoms with Crippen LogP contribution in [0.4, 0.5) is 0 Å². The van der Waals surface area contributed by atoms with Gasteiger partial charge in [-0.05, 0) is 18.4 Å². The lowest BCUT2D eigenvalue weighted by atomic mass is 10.1. The zero-order valence-corrected chi connectivity index (χ0v) is 11.0. The molecule has 1 aromatic rings. The van der Waals surface area contributed by atoms with E-state index in [2.05, 4.69) is 5.32 Å². The molecule has 5 heteroatoms.